The molecule has 68 valence electrons. The van der Waals surface area contributed by atoms with E-state index in [1.165, 1.54) is 0 Å². The molecule has 0 aliphatic heterocycles. The van der Waals surface area contributed by atoms with Crippen molar-refractivity contribution < 1.29 is 4.79 Å². The van der Waals surface area contributed by atoms with Gasteiger partial charge in [-0.1, -0.05) is 29.3 Å². The van der Waals surface area contributed by atoms with Gasteiger partial charge < -0.3 is 0 Å². The molecule has 0 radical (unpaired) electrons. The molecule has 0 bridgehead atoms. The zero-order valence-corrected chi connectivity index (χ0v) is 8.56. The maximum absolute atomic E-state index is 10.4. The highest BCUT2D eigenvalue weighted by atomic mass is 35.5. The van der Waals surface area contributed by atoms with E-state index in [0.717, 1.165) is 11.8 Å². The van der Waals surface area contributed by atoms with Crippen molar-refractivity contribution in [3.05, 3.63) is 39.4 Å². The van der Waals surface area contributed by atoms with Gasteiger partial charge >= 0.3 is 0 Å². The van der Waals surface area contributed by atoms with Crippen LogP contribution in [0, 0.1) is 0 Å². The lowest BCUT2D eigenvalue weighted by atomic mass is 10.1. The van der Waals surface area contributed by atoms with E-state index in [9.17, 15) is 4.79 Å². The summed E-state index contributed by atoms with van der Waals surface area (Å²) in [5.41, 5.74) is 1.43. The van der Waals surface area contributed by atoms with E-state index in [2.05, 4.69) is 0 Å². The van der Waals surface area contributed by atoms with Crippen LogP contribution in [0.2, 0.25) is 10.0 Å². The molecular weight excluding hydrogens is 207 g/mol. The molecule has 0 saturated carbocycles. The highest BCUT2D eigenvalue weighted by Crippen LogP contribution is 2.22. The van der Waals surface area contributed by atoms with Crippen LogP contribution in [-0.2, 0) is 4.79 Å². The molecule has 13 heavy (non-hydrogen) atoms. The number of hydrogen-bond acceptors (Lipinski definition) is 1. The van der Waals surface area contributed by atoms with Crippen LogP contribution in [0.1, 0.15) is 12.5 Å². The number of aldehydes is 1. The number of rotatable bonds is 2. The summed E-state index contributed by atoms with van der Waals surface area (Å²) in [5.74, 6) is 0. The Morgan fingerprint density at radius 1 is 1.38 bits per heavy atom. The van der Waals surface area contributed by atoms with Gasteiger partial charge in [0.2, 0.25) is 0 Å². The summed E-state index contributed by atoms with van der Waals surface area (Å²) in [6.45, 7) is 1.72. The predicted octanol–water partition coefficient (Wildman–Crippen LogP) is 3.60. The van der Waals surface area contributed by atoms with Crippen LogP contribution >= 0.6 is 23.2 Å². The third kappa shape index (κ3) is 2.87. The minimum absolute atomic E-state index is 0.550. The number of halogens is 2. The lowest BCUT2D eigenvalue weighted by Crippen LogP contribution is -1.79. The zero-order valence-electron chi connectivity index (χ0n) is 7.05. The molecule has 0 atom stereocenters. The molecule has 0 N–H and O–H groups in total. The minimum atomic E-state index is 0.550. The van der Waals surface area contributed by atoms with E-state index in [1.54, 1.807) is 31.2 Å². The van der Waals surface area contributed by atoms with E-state index in [0.29, 0.717) is 15.6 Å². The molecule has 0 fully saturated rings. The van der Waals surface area contributed by atoms with Crippen molar-refractivity contribution >= 4 is 35.6 Å². The Balaban J connectivity index is 3.09. The summed E-state index contributed by atoms with van der Waals surface area (Å²) in [6.07, 6.45) is 2.50. The molecule has 1 aromatic carbocycles. The summed E-state index contributed by atoms with van der Waals surface area (Å²) in [5, 5.41) is 1.14. The van der Waals surface area contributed by atoms with Crippen molar-refractivity contribution in [2.24, 2.45) is 0 Å². The van der Waals surface area contributed by atoms with E-state index in [4.69, 9.17) is 23.2 Å². The molecule has 0 amide bonds. The van der Waals surface area contributed by atoms with Crippen LogP contribution in [0.5, 0.6) is 0 Å². The SMILES string of the molecule is CC(C=O)=Cc1ccc(Cl)cc1Cl. The fourth-order valence-corrected chi connectivity index (χ4v) is 1.36. The fourth-order valence-electron chi connectivity index (χ4n) is 0.898. The lowest BCUT2D eigenvalue weighted by molar-refractivity contribution is -0.104. The van der Waals surface area contributed by atoms with Crippen LogP contribution in [0.4, 0.5) is 0 Å². The molecule has 1 nitrogen and oxygen atoms in total. The predicted molar refractivity (Wildman–Crippen MR) is 56.2 cm³/mol. The van der Waals surface area contributed by atoms with Crippen LogP contribution in [0.25, 0.3) is 6.08 Å². The van der Waals surface area contributed by atoms with Gasteiger partial charge in [-0.05, 0) is 36.3 Å². The normalized spacial score (nSPS) is 11.5. The monoisotopic (exact) mass is 214 g/mol. The van der Waals surface area contributed by atoms with E-state index >= 15 is 0 Å². The Labute approximate surface area is 87.0 Å². The van der Waals surface area contributed by atoms with Crippen molar-refractivity contribution in [2.45, 2.75) is 6.92 Å². The highest BCUT2D eigenvalue weighted by molar-refractivity contribution is 6.35. The first kappa shape index (κ1) is 10.3. The molecule has 0 aromatic heterocycles. The smallest absolute Gasteiger partial charge is 0.145 e. The topological polar surface area (TPSA) is 17.1 Å². The van der Waals surface area contributed by atoms with E-state index < -0.39 is 0 Å². The molecular formula is C10H8Cl2O. The van der Waals surface area contributed by atoms with Gasteiger partial charge in [0.15, 0.2) is 0 Å². The molecule has 0 aliphatic carbocycles. The van der Waals surface area contributed by atoms with Crippen LogP contribution in [-0.4, -0.2) is 6.29 Å². The maximum Gasteiger partial charge on any atom is 0.145 e. The highest BCUT2D eigenvalue weighted by Gasteiger charge is 1.98. The third-order valence-electron chi connectivity index (χ3n) is 1.53. The Morgan fingerprint density at radius 3 is 2.62 bits per heavy atom. The quantitative estimate of drug-likeness (QED) is 0.544. The number of allylic oxidation sites excluding steroid dienone is 1. The molecule has 0 heterocycles. The fraction of sp³-hybridized carbons (Fsp3) is 0.100. The van der Waals surface area contributed by atoms with Gasteiger partial charge in [-0.25, -0.2) is 0 Å². The van der Waals surface area contributed by atoms with Crippen LogP contribution < -0.4 is 0 Å². The van der Waals surface area contributed by atoms with E-state index in [-0.39, 0.29) is 0 Å². The molecule has 0 unspecified atom stereocenters. The van der Waals surface area contributed by atoms with Gasteiger partial charge in [0, 0.05) is 10.0 Å². The first-order valence-electron chi connectivity index (χ1n) is 3.72. The molecule has 0 spiro atoms. The molecule has 3 heteroatoms. The van der Waals surface area contributed by atoms with Crippen molar-refractivity contribution in [1.82, 2.24) is 0 Å². The van der Waals surface area contributed by atoms with E-state index in [1.807, 2.05) is 0 Å². The van der Waals surface area contributed by atoms with Crippen LogP contribution in [0.3, 0.4) is 0 Å². The third-order valence-corrected chi connectivity index (χ3v) is 2.09. The van der Waals surface area contributed by atoms with Gasteiger partial charge in [-0.2, -0.15) is 0 Å². The number of carbonyl (C=O) groups is 1. The minimum Gasteiger partial charge on any atom is -0.298 e. The van der Waals surface area contributed by atoms with Crippen molar-refractivity contribution in [2.75, 3.05) is 0 Å². The summed E-state index contributed by atoms with van der Waals surface area (Å²) >= 11 is 11.6. The summed E-state index contributed by atoms with van der Waals surface area (Å²) in [7, 11) is 0. The zero-order chi connectivity index (χ0) is 9.84. The van der Waals surface area contributed by atoms with Gasteiger partial charge in [-0.3, -0.25) is 4.79 Å². The number of benzene rings is 1. The lowest BCUT2D eigenvalue weighted by Gasteiger charge is -1.98. The Bertz CT molecular complexity index is 356. The van der Waals surface area contributed by atoms with Gasteiger partial charge in [0.05, 0.1) is 0 Å². The second kappa shape index (κ2) is 4.45. The average Bonchev–Trinajstić information content (AvgIpc) is 2.09. The van der Waals surface area contributed by atoms with Gasteiger partial charge in [0.1, 0.15) is 6.29 Å². The molecule has 0 aliphatic rings. The first-order valence-corrected chi connectivity index (χ1v) is 4.47. The van der Waals surface area contributed by atoms with Crippen molar-refractivity contribution in [3.63, 3.8) is 0 Å². The van der Waals surface area contributed by atoms with Gasteiger partial charge in [0.25, 0.3) is 0 Å². The number of hydrogen-bond donors (Lipinski definition) is 0. The summed E-state index contributed by atoms with van der Waals surface area (Å²) in [4.78, 5) is 10.4. The first-order chi connectivity index (χ1) is 6.13. The van der Waals surface area contributed by atoms with Crippen molar-refractivity contribution in [1.29, 1.82) is 0 Å². The Hall–Kier alpha value is -0.790. The van der Waals surface area contributed by atoms with Crippen LogP contribution in [0.15, 0.2) is 23.8 Å². The molecule has 1 aromatic rings. The second-order valence-electron chi connectivity index (χ2n) is 2.67. The molecule has 1 rings (SSSR count). The second-order valence-corrected chi connectivity index (χ2v) is 3.52. The number of carbonyl (C=O) groups excluding carboxylic acids is 1. The largest absolute Gasteiger partial charge is 0.298 e. The molecule has 0 saturated heterocycles. The van der Waals surface area contributed by atoms with Crippen molar-refractivity contribution in [3.8, 4) is 0 Å². The Morgan fingerprint density at radius 2 is 2.08 bits per heavy atom. The summed E-state index contributed by atoms with van der Waals surface area (Å²) in [6, 6.07) is 5.15. The maximum atomic E-state index is 10.4. The summed E-state index contributed by atoms with van der Waals surface area (Å²) < 4.78 is 0. The standard InChI is InChI=1S/C10H8Cl2O/c1-7(6-13)4-8-2-3-9(11)5-10(8)12/h2-6H,1H3. The van der Waals surface area contributed by atoms with Gasteiger partial charge in [-0.15, -0.1) is 0 Å². The Kier molecular flexibility index (Phi) is 3.52. The average molecular weight is 215 g/mol.